The highest BCUT2D eigenvalue weighted by molar-refractivity contribution is 5.99. The molecule has 27 heavy (non-hydrogen) atoms. The topological polar surface area (TPSA) is 54.5 Å². The van der Waals surface area contributed by atoms with Crippen molar-refractivity contribution in [3.8, 4) is 17.0 Å². The zero-order valence-corrected chi connectivity index (χ0v) is 16.2. The average molecular weight is 363 g/mol. The Bertz CT molecular complexity index is 953. The minimum atomic E-state index is -0.472. The minimum absolute atomic E-state index is 0.0158. The van der Waals surface area contributed by atoms with Crippen molar-refractivity contribution in [1.29, 1.82) is 0 Å². The number of rotatable bonds is 5. The molecule has 5 heteroatoms. The monoisotopic (exact) mass is 363 g/mol. The standard InChI is InChI=1S/C22H25N3O2/c1-15-9-5-6-10-17(15)21-19-12-8-7-11-18(19)20(13-23-21)27-22(26)24-16(2)14-25(3)4/h5-13,16H,14H2,1-4H3,(H,24,26). The van der Waals surface area contributed by atoms with Gasteiger partial charge in [0.25, 0.3) is 0 Å². The summed E-state index contributed by atoms with van der Waals surface area (Å²) in [6.45, 7) is 4.75. The van der Waals surface area contributed by atoms with Crippen LogP contribution < -0.4 is 10.1 Å². The predicted molar refractivity (Wildman–Crippen MR) is 109 cm³/mol. The van der Waals surface area contributed by atoms with E-state index in [0.717, 1.165) is 34.1 Å². The number of nitrogens with zero attached hydrogens (tertiary/aromatic N) is 2. The first-order valence-electron chi connectivity index (χ1n) is 9.02. The molecule has 2 aromatic carbocycles. The van der Waals surface area contributed by atoms with E-state index in [0.29, 0.717) is 5.75 Å². The zero-order valence-electron chi connectivity index (χ0n) is 16.2. The van der Waals surface area contributed by atoms with Gasteiger partial charge in [-0.15, -0.1) is 0 Å². The van der Waals surface area contributed by atoms with Gasteiger partial charge in [0.2, 0.25) is 0 Å². The van der Waals surface area contributed by atoms with E-state index in [9.17, 15) is 4.79 Å². The molecule has 0 aliphatic heterocycles. The van der Waals surface area contributed by atoms with Crippen LogP contribution in [-0.4, -0.2) is 42.7 Å². The quantitative estimate of drug-likeness (QED) is 0.736. The molecule has 3 rings (SSSR count). The molecule has 140 valence electrons. The average Bonchev–Trinajstić information content (AvgIpc) is 2.62. The molecule has 3 aromatic rings. The molecule has 1 heterocycles. The van der Waals surface area contributed by atoms with Crippen molar-refractivity contribution >= 4 is 16.9 Å². The van der Waals surface area contributed by atoms with E-state index in [-0.39, 0.29) is 6.04 Å². The molecule has 0 spiro atoms. The van der Waals surface area contributed by atoms with Crippen LogP contribution in [0, 0.1) is 6.92 Å². The molecule has 0 fully saturated rings. The van der Waals surface area contributed by atoms with Gasteiger partial charge in [0.15, 0.2) is 5.75 Å². The molecule has 1 aromatic heterocycles. The molecule has 0 radical (unpaired) electrons. The summed E-state index contributed by atoms with van der Waals surface area (Å²) < 4.78 is 5.57. The summed E-state index contributed by atoms with van der Waals surface area (Å²) in [5, 5.41) is 4.67. The van der Waals surface area contributed by atoms with Gasteiger partial charge in [-0.2, -0.15) is 0 Å². The third kappa shape index (κ3) is 4.44. The summed E-state index contributed by atoms with van der Waals surface area (Å²) in [5.41, 5.74) is 3.11. The van der Waals surface area contributed by atoms with Gasteiger partial charge in [0.1, 0.15) is 0 Å². The van der Waals surface area contributed by atoms with E-state index in [1.807, 2.05) is 62.3 Å². The number of likely N-dealkylation sites (N-methyl/N-ethyl adjacent to an activating group) is 1. The molecule has 0 saturated heterocycles. The lowest BCUT2D eigenvalue weighted by Gasteiger charge is -2.18. The van der Waals surface area contributed by atoms with Crippen LogP contribution in [0.5, 0.6) is 5.75 Å². The summed E-state index contributed by atoms with van der Waals surface area (Å²) >= 11 is 0. The van der Waals surface area contributed by atoms with Crippen LogP contribution in [-0.2, 0) is 0 Å². The van der Waals surface area contributed by atoms with E-state index < -0.39 is 6.09 Å². The maximum atomic E-state index is 12.3. The molecular formula is C22H25N3O2. The Morgan fingerprint density at radius 2 is 1.78 bits per heavy atom. The van der Waals surface area contributed by atoms with Crippen molar-refractivity contribution in [2.45, 2.75) is 19.9 Å². The van der Waals surface area contributed by atoms with Crippen molar-refractivity contribution in [2.24, 2.45) is 0 Å². The van der Waals surface area contributed by atoms with Gasteiger partial charge in [-0.25, -0.2) is 4.79 Å². The Labute approximate surface area is 160 Å². The summed E-state index contributed by atoms with van der Waals surface area (Å²) in [4.78, 5) is 18.9. The van der Waals surface area contributed by atoms with Crippen molar-refractivity contribution in [2.75, 3.05) is 20.6 Å². The number of nitrogens with one attached hydrogen (secondary N) is 1. The molecule has 1 atom stereocenters. The number of fused-ring (bicyclic) bond motifs is 1. The highest BCUT2D eigenvalue weighted by atomic mass is 16.6. The molecule has 0 aliphatic rings. The normalized spacial score (nSPS) is 12.2. The molecule has 1 unspecified atom stereocenters. The van der Waals surface area contributed by atoms with Crippen molar-refractivity contribution in [1.82, 2.24) is 15.2 Å². The third-order valence-electron chi connectivity index (χ3n) is 4.36. The Kier molecular flexibility index (Phi) is 5.72. The van der Waals surface area contributed by atoms with Crippen molar-refractivity contribution in [3.05, 3.63) is 60.3 Å². The van der Waals surface area contributed by atoms with Crippen LogP contribution in [0.25, 0.3) is 22.0 Å². The molecule has 1 N–H and O–H groups in total. The van der Waals surface area contributed by atoms with E-state index >= 15 is 0 Å². The van der Waals surface area contributed by atoms with Crippen molar-refractivity contribution in [3.63, 3.8) is 0 Å². The van der Waals surface area contributed by atoms with E-state index in [1.165, 1.54) is 0 Å². The van der Waals surface area contributed by atoms with Gasteiger partial charge < -0.3 is 15.0 Å². The number of aryl methyl sites for hydroxylation is 1. The van der Waals surface area contributed by atoms with Crippen LogP contribution in [0.1, 0.15) is 12.5 Å². The maximum Gasteiger partial charge on any atom is 0.412 e. The molecule has 0 aliphatic carbocycles. The number of amides is 1. The van der Waals surface area contributed by atoms with Gasteiger partial charge in [-0.1, -0.05) is 48.5 Å². The fourth-order valence-corrected chi connectivity index (χ4v) is 3.23. The van der Waals surface area contributed by atoms with Crippen LogP contribution in [0.15, 0.2) is 54.7 Å². The molecule has 1 amide bonds. The van der Waals surface area contributed by atoms with E-state index in [2.05, 4.69) is 29.4 Å². The fourth-order valence-electron chi connectivity index (χ4n) is 3.23. The molecular weight excluding hydrogens is 338 g/mol. The molecule has 5 nitrogen and oxygen atoms in total. The summed E-state index contributed by atoms with van der Waals surface area (Å²) in [6, 6.07) is 16.0. The van der Waals surface area contributed by atoms with Gasteiger partial charge in [-0.05, 0) is 33.5 Å². The van der Waals surface area contributed by atoms with E-state index in [4.69, 9.17) is 4.74 Å². The number of aromatic nitrogens is 1. The number of pyridine rings is 1. The fraction of sp³-hybridized carbons (Fsp3) is 0.273. The van der Waals surface area contributed by atoms with E-state index in [1.54, 1.807) is 6.20 Å². The number of hydrogen-bond donors (Lipinski definition) is 1. The Hall–Kier alpha value is -2.92. The highest BCUT2D eigenvalue weighted by Gasteiger charge is 2.15. The number of ether oxygens (including phenoxy) is 1. The zero-order chi connectivity index (χ0) is 19.4. The number of benzene rings is 2. The lowest BCUT2D eigenvalue weighted by Crippen LogP contribution is -2.40. The first kappa shape index (κ1) is 18.9. The van der Waals surface area contributed by atoms with Crippen LogP contribution in [0.3, 0.4) is 0 Å². The summed E-state index contributed by atoms with van der Waals surface area (Å²) in [7, 11) is 3.93. The highest BCUT2D eigenvalue weighted by Crippen LogP contribution is 2.33. The van der Waals surface area contributed by atoms with Crippen LogP contribution in [0.2, 0.25) is 0 Å². The lowest BCUT2D eigenvalue weighted by atomic mass is 10.00. The molecule has 0 saturated carbocycles. The van der Waals surface area contributed by atoms with Gasteiger partial charge >= 0.3 is 6.09 Å². The second-order valence-electron chi connectivity index (χ2n) is 7.03. The SMILES string of the molecule is Cc1ccccc1-c1ncc(OC(=O)NC(C)CN(C)C)c2ccccc12. The second kappa shape index (κ2) is 8.18. The Morgan fingerprint density at radius 1 is 1.11 bits per heavy atom. The van der Waals surface area contributed by atoms with Crippen LogP contribution >= 0.6 is 0 Å². The second-order valence-corrected chi connectivity index (χ2v) is 7.03. The maximum absolute atomic E-state index is 12.3. The first-order valence-corrected chi connectivity index (χ1v) is 9.02. The smallest absolute Gasteiger partial charge is 0.408 e. The van der Waals surface area contributed by atoms with Crippen LogP contribution in [0.4, 0.5) is 4.79 Å². The van der Waals surface area contributed by atoms with Gasteiger partial charge in [0, 0.05) is 28.9 Å². The lowest BCUT2D eigenvalue weighted by molar-refractivity contribution is 0.194. The Morgan fingerprint density at radius 3 is 2.48 bits per heavy atom. The third-order valence-corrected chi connectivity index (χ3v) is 4.36. The molecule has 0 bridgehead atoms. The predicted octanol–water partition coefficient (Wildman–Crippen LogP) is 4.25. The Balaban J connectivity index is 1.92. The largest absolute Gasteiger partial charge is 0.412 e. The summed E-state index contributed by atoms with van der Waals surface area (Å²) in [6.07, 6.45) is 1.15. The number of hydrogen-bond acceptors (Lipinski definition) is 4. The first-order chi connectivity index (χ1) is 13.0. The number of carbonyl (C=O) groups is 1. The van der Waals surface area contributed by atoms with Gasteiger partial charge in [-0.3, -0.25) is 4.98 Å². The summed E-state index contributed by atoms with van der Waals surface area (Å²) in [5.74, 6) is 0.456. The number of carbonyl (C=O) groups excluding carboxylic acids is 1. The van der Waals surface area contributed by atoms with Gasteiger partial charge in [0.05, 0.1) is 11.9 Å². The van der Waals surface area contributed by atoms with Crippen molar-refractivity contribution < 1.29 is 9.53 Å². The minimum Gasteiger partial charge on any atom is -0.408 e.